The second kappa shape index (κ2) is 12.9. The molecule has 2 nitrogen and oxygen atoms in total. The lowest BCUT2D eigenvalue weighted by Gasteiger charge is -2.27. The largest absolute Gasteiger partial charge is 0.455 e. The maximum absolute atomic E-state index is 6.64. The highest BCUT2D eigenvalue weighted by molar-refractivity contribution is 7.25. The van der Waals surface area contributed by atoms with E-state index in [0.717, 1.165) is 55.7 Å². The number of rotatable bonds is 6. The average molecular weight is 720 g/mol. The van der Waals surface area contributed by atoms with Crippen LogP contribution in [0.25, 0.3) is 86.3 Å². The predicted octanol–water partition coefficient (Wildman–Crippen LogP) is 15.6. The smallest absolute Gasteiger partial charge is 0.143 e. The van der Waals surface area contributed by atoms with Gasteiger partial charge in [-0.1, -0.05) is 152 Å². The second-order valence-corrected chi connectivity index (χ2v) is 15.1. The van der Waals surface area contributed by atoms with E-state index in [1.165, 1.54) is 47.6 Å². The van der Waals surface area contributed by atoms with Crippen molar-refractivity contribution in [1.82, 2.24) is 0 Å². The quantitative estimate of drug-likeness (QED) is 0.170. The summed E-state index contributed by atoms with van der Waals surface area (Å²) in [5.41, 5.74) is 12.0. The number of fused-ring (bicyclic) bond motifs is 7. The van der Waals surface area contributed by atoms with Crippen LogP contribution in [-0.4, -0.2) is 0 Å². The van der Waals surface area contributed by atoms with Crippen LogP contribution in [0.3, 0.4) is 0 Å². The summed E-state index contributed by atoms with van der Waals surface area (Å²) in [5.74, 6) is 0. The van der Waals surface area contributed by atoms with Crippen molar-refractivity contribution in [1.29, 1.82) is 0 Å². The van der Waals surface area contributed by atoms with Crippen LogP contribution in [0.4, 0.5) is 17.1 Å². The molecule has 258 valence electrons. The zero-order valence-electron chi connectivity index (χ0n) is 29.8. The van der Waals surface area contributed by atoms with E-state index >= 15 is 0 Å². The van der Waals surface area contributed by atoms with Gasteiger partial charge in [-0.2, -0.15) is 0 Å². The molecule has 0 aliphatic rings. The van der Waals surface area contributed by atoms with E-state index in [0.29, 0.717) is 0 Å². The molecule has 0 N–H and O–H groups in total. The zero-order chi connectivity index (χ0) is 36.3. The van der Waals surface area contributed by atoms with Crippen molar-refractivity contribution >= 4 is 81.3 Å². The van der Waals surface area contributed by atoms with Gasteiger partial charge in [0.2, 0.25) is 0 Å². The molecule has 2 aromatic heterocycles. The molecule has 9 aromatic carbocycles. The normalized spacial score (nSPS) is 11.6. The number of hydrogen-bond donors (Lipinski definition) is 0. The van der Waals surface area contributed by atoms with Crippen LogP contribution in [-0.2, 0) is 0 Å². The molecule has 0 radical (unpaired) electrons. The maximum atomic E-state index is 6.64. The third kappa shape index (κ3) is 5.32. The molecular formula is C52H33NOS. The Morgan fingerprint density at radius 1 is 0.345 bits per heavy atom. The number of nitrogens with zero attached hydrogens (tertiary/aromatic N) is 1. The van der Waals surface area contributed by atoms with Crippen molar-refractivity contribution in [2.45, 2.75) is 0 Å². The fourth-order valence-electron chi connectivity index (χ4n) is 8.28. The molecule has 0 fully saturated rings. The molecule has 0 amide bonds. The molecule has 0 aliphatic carbocycles. The first-order valence-corrected chi connectivity index (χ1v) is 19.5. The minimum absolute atomic E-state index is 0.898. The molecule has 0 atom stereocenters. The van der Waals surface area contributed by atoms with Gasteiger partial charge >= 0.3 is 0 Å². The molecule has 0 bridgehead atoms. The van der Waals surface area contributed by atoms with Crippen LogP contribution in [0, 0.1) is 0 Å². The van der Waals surface area contributed by atoms with E-state index in [4.69, 9.17) is 4.42 Å². The number of thiophene rings is 1. The van der Waals surface area contributed by atoms with Crippen molar-refractivity contribution in [3.63, 3.8) is 0 Å². The third-order valence-electron chi connectivity index (χ3n) is 10.9. The second-order valence-electron chi connectivity index (χ2n) is 14.1. The Hall–Kier alpha value is -6.94. The Morgan fingerprint density at radius 3 is 1.85 bits per heavy atom. The van der Waals surface area contributed by atoms with Gasteiger partial charge in [0.25, 0.3) is 0 Å². The van der Waals surface area contributed by atoms with Crippen molar-refractivity contribution in [3.8, 4) is 33.4 Å². The van der Waals surface area contributed by atoms with Gasteiger partial charge in [-0.15, -0.1) is 11.3 Å². The summed E-state index contributed by atoms with van der Waals surface area (Å²) in [6, 6.07) is 72.3. The summed E-state index contributed by atoms with van der Waals surface area (Å²) >= 11 is 1.85. The molecule has 0 spiro atoms. The van der Waals surface area contributed by atoms with Gasteiger partial charge < -0.3 is 9.32 Å². The van der Waals surface area contributed by atoms with E-state index in [1.54, 1.807) is 0 Å². The number of furan rings is 1. The molecule has 11 rings (SSSR count). The van der Waals surface area contributed by atoms with Gasteiger partial charge in [0.1, 0.15) is 11.2 Å². The van der Waals surface area contributed by atoms with Gasteiger partial charge in [-0.05, 0) is 87.1 Å². The van der Waals surface area contributed by atoms with Crippen LogP contribution in [0.1, 0.15) is 0 Å². The first kappa shape index (κ1) is 31.6. The van der Waals surface area contributed by atoms with E-state index in [9.17, 15) is 0 Å². The van der Waals surface area contributed by atoms with Gasteiger partial charge in [0.15, 0.2) is 0 Å². The summed E-state index contributed by atoms with van der Waals surface area (Å²) in [6.45, 7) is 0. The van der Waals surface area contributed by atoms with E-state index < -0.39 is 0 Å². The minimum atomic E-state index is 0.898. The van der Waals surface area contributed by atoms with Crippen LogP contribution < -0.4 is 4.90 Å². The van der Waals surface area contributed by atoms with E-state index in [-0.39, 0.29) is 0 Å². The summed E-state index contributed by atoms with van der Waals surface area (Å²) in [6.07, 6.45) is 0. The van der Waals surface area contributed by atoms with Gasteiger partial charge in [-0.25, -0.2) is 0 Å². The third-order valence-corrected chi connectivity index (χ3v) is 12.0. The molecule has 11 aromatic rings. The first-order chi connectivity index (χ1) is 27.3. The first-order valence-electron chi connectivity index (χ1n) is 18.7. The highest BCUT2D eigenvalue weighted by Gasteiger charge is 2.21. The molecular weight excluding hydrogens is 687 g/mol. The van der Waals surface area contributed by atoms with Crippen molar-refractivity contribution in [3.05, 3.63) is 200 Å². The maximum Gasteiger partial charge on any atom is 0.143 e. The van der Waals surface area contributed by atoms with Gasteiger partial charge in [-0.3, -0.25) is 0 Å². The van der Waals surface area contributed by atoms with Crippen molar-refractivity contribution in [2.75, 3.05) is 4.90 Å². The Kier molecular flexibility index (Phi) is 7.39. The van der Waals surface area contributed by atoms with Crippen molar-refractivity contribution < 1.29 is 4.42 Å². The Labute approximate surface area is 322 Å². The molecule has 3 heteroatoms. The summed E-state index contributed by atoms with van der Waals surface area (Å²) in [5, 5.41) is 7.26. The zero-order valence-corrected chi connectivity index (χ0v) is 30.6. The van der Waals surface area contributed by atoms with E-state index in [2.05, 4.69) is 199 Å². The fourth-order valence-corrected chi connectivity index (χ4v) is 9.42. The Balaban J connectivity index is 1.16. The van der Waals surface area contributed by atoms with Crippen LogP contribution >= 0.6 is 11.3 Å². The minimum Gasteiger partial charge on any atom is -0.455 e. The number of para-hydroxylation sites is 2. The fraction of sp³-hybridized carbons (Fsp3) is 0. The Morgan fingerprint density at radius 2 is 0.964 bits per heavy atom. The molecule has 55 heavy (non-hydrogen) atoms. The average Bonchev–Trinajstić information content (AvgIpc) is 3.82. The predicted molar refractivity (Wildman–Crippen MR) is 235 cm³/mol. The van der Waals surface area contributed by atoms with Gasteiger partial charge in [0.05, 0.1) is 0 Å². The summed E-state index contributed by atoms with van der Waals surface area (Å²) in [4.78, 5) is 2.40. The summed E-state index contributed by atoms with van der Waals surface area (Å²) in [7, 11) is 0. The number of hydrogen-bond acceptors (Lipinski definition) is 3. The van der Waals surface area contributed by atoms with Crippen molar-refractivity contribution in [2.24, 2.45) is 0 Å². The molecule has 0 saturated carbocycles. The molecule has 0 unspecified atom stereocenters. The highest BCUT2D eigenvalue weighted by Crippen LogP contribution is 2.46. The standard InChI is InChI=1S/C52H33NOS/c1-2-12-34(13-3-1)35-24-26-37(27-25-35)53(39-29-31-45-44-18-7-9-23-50(44)55-51(45)33-39)38-28-30-42(48(32-38)41-19-10-15-36-14-4-5-16-40(36)41)46-20-11-21-47-43-17-6-8-22-49(43)54-52(46)47/h1-33H. The lowest BCUT2D eigenvalue weighted by atomic mass is 9.90. The Bertz CT molecular complexity index is 3200. The summed E-state index contributed by atoms with van der Waals surface area (Å²) < 4.78 is 9.21. The lowest BCUT2D eigenvalue weighted by Crippen LogP contribution is -2.10. The highest BCUT2D eigenvalue weighted by atomic mass is 32.1. The molecule has 2 heterocycles. The number of benzene rings is 9. The number of anilines is 3. The van der Waals surface area contributed by atoms with Crippen LogP contribution in [0.15, 0.2) is 205 Å². The molecule has 0 saturated heterocycles. The van der Waals surface area contributed by atoms with Crippen LogP contribution in [0.2, 0.25) is 0 Å². The van der Waals surface area contributed by atoms with Gasteiger partial charge in [0, 0.05) is 53.6 Å². The van der Waals surface area contributed by atoms with Crippen LogP contribution in [0.5, 0.6) is 0 Å². The molecule has 0 aliphatic heterocycles. The lowest BCUT2D eigenvalue weighted by molar-refractivity contribution is 0.670. The monoisotopic (exact) mass is 719 g/mol. The topological polar surface area (TPSA) is 16.4 Å². The van der Waals surface area contributed by atoms with E-state index in [1.807, 2.05) is 17.4 Å². The SMILES string of the molecule is c1ccc(-c2ccc(N(c3ccc(-c4cccc5c4oc4ccccc45)c(-c4cccc5ccccc45)c3)c3ccc4c(c3)sc3ccccc34)cc2)cc1.